The van der Waals surface area contributed by atoms with Crippen molar-refractivity contribution in [2.45, 2.75) is 25.0 Å². The lowest BCUT2D eigenvalue weighted by Gasteiger charge is -2.09. The summed E-state index contributed by atoms with van der Waals surface area (Å²) in [6, 6.07) is 1.91. The molecule has 2 atom stereocenters. The van der Waals surface area contributed by atoms with E-state index >= 15 is 0 Å². The van der Waals surface area contributed by atoms with Crippen molar-refractivity contribution >= 4 is 16.7 Å². The minimum Gasteiger partial charge on any atom is -0.354 e. The molecule has 0 saturated heterocycles. The Kier molecular flexibility index (Phi) is 7.86. The summed E-state index contributed by atoms with van der Waals surface area (Å²) in [5.41, 5.74) is 5.33. The molecule has 15 heavy (non-hydrogen) atoms. The number of nitriles is 1. The van der Waals surface area contributed by atoms with Crippen LogP contribution >= 0.6 is 0 Å². The van der Waals surface area contributed by atoms with Gasteiger partial charge in [0.2, 0.25) is 5.91 Å². The summed E-state index contributed by atoms with van der Waals surface area (Å²) in [7, 11) is -1.18. The van der Waals surface area contributed by atoms with E-state index in [4.69, 9.17) is 11.0 Å². The maximum absolute atomic E-state index is 11.5. The Bertz CT molecular complexity index is 263. The fourth-order valence-corrected chi connectivity index (χ4v) is 1.99. The minimum absolute atomic E-state index is 0.00735. The highest BCUT2D eigenvalue weighted by Crippen LogP contribution is 2.00. The maximum Gasteiger partial charge on any atom is 0.232 e. The third kappa shape index (κ3) is 7.05. The summed E-state index contributed by atoms with van der Waals surface area (Å²) >= 11 is 0. The predicted molar refractivity (Wildman–Crippen MR) is 59.4 cm³/mol. The highest BCUT2D eigenvalue weighted by molar-refractivity contribution is 7.86. The lowest BCUT2D eigenvalue weighted by molar-refractivity contribution is -0.118. The molecule has 0 saturated carbocycles. The number of rotatable bonds is 7. The summed E-state index contributed by atoms with van der Waals surface area (Å²) in [6.45, 7) is 2.60. The summed E-state index contributed by atoms with van der Waals surface area (Å²) < 4.78 is 11.5. The number of nitrogens with zero attached hydrogens (tertiary/aromatic N) is 1. The third-order valence-corrected chi connectivity index (χ3v) is 3.53. The van der Waals surface area contributed by atoms with Gasteiger partial charge in [-0.25, -0.2) is 0 Å². The number of nitrogens with two attached hydrogens (primary N) is 1. The SMILES string of the molecule is CC(CCN)S(=O)CC(=O)NCCC#N. The first-order valence-electron chi connectivity index (χ1n) is 4.82. The number of nitrogens with one attached hydrogen (secondary N) is 1. The molecule has 2 unspecified atom stereocenters. The van der Waals surface area contributed by atoms with Gasteiger partial charge in [-0.05, 0) is 13.0 Å². The van der Waals surface area contributed by atoms with Gasteiger partial charge in [0, 0.05) is 22.6 Å². The van der Waals surface area contributed by atoms with Crippen molar-refractivity contribution in [1.82, 2.24) is 5.32 Å². The van der Waals surface area contributed by atoms with E-state index in [9.17, 15) is 9.00 Å². The summed E-state index contributed by atoms with van der Waals surface area (Å²) in [4.78, 5) is 11.2. The number of amides is 1. The second-order valence-electron chi connectivity index (χ2n) is 3.17. The van der Waals surface area contributed by atoms with Crippen molar-refractivity contribution in [1.29, 1.82) is 5.26 Å². The number of hydrogen-bond acceptors (Lipinski definition) is 4. The molecular formula is C9H17N3O2S. The van der Waals surface area contributed by atoms with Gasteiger partial charge in [-0.2, -0.15) is 5.26 Å². The van der Waals surface area contributed by atoms with Crippen LogP contribution in [0.4, 0.5) is 0 Å². The van der Waals surface area contributed by atoms with Crippen molar-refractivity contribution in [3.8, 4) is 6.07 Å². The van der Waals surface area contributed by atoms with Crippen LogP contribution in [0.15, 0.2) is 0 Å². The van der Waals surface area contributed by atoms with Gasteiger partial charge < -0.3 is 11.1 Å². The highest BCUT2D eigenvalue weighted by Gasteiger charge is 2.13. The van der Waals surface area contributed by atoms with E-state index in [1.54, 1.807) is 0 Å². The van der Waals surface area contributed by atoms with Gasteiger partial charge in [-0.1, -0.05) is 6.92 Å². The van der Waals surface area contributed by atoms with Gasteiger partial charge >= 0.3 is 0 Å². The Labute approximate surface area is 92.5 Å². The zero-order valence-electron chi connectivity index (χ0n) is 8.86. The zero-order valence-corrected chi connectivity index (χ0v) is 9.68. The molecule has 0 fully saturated rings. The number of hydrogen-bond donors (Lipinski definition) is 2. The molecular weight excluding hydrogens is 214 g/mol. The monoisotopic (exact) mass is 231 g/mol. The second-order valence-corrected chi connectivity index (χ2v) is 5.03. The Morgan fingerprint density at radius 1 is 1.67 bits per heavy atom. The lowest BCUT2D eigenvalue weighted by Crippen LogP contribution is -2.32. The van der Waals surface area contributed by atoms with Crippen molar-refractivity contribution in [3.63, 3.8) is 0 Å². The maximum atomic E-state index is 11.5. The van der Waals surface area contributed by atoms with Crippen LogP contribution in [0.1, 0.15) is 19.8 Å². The number of carbonyl (C=O) groups excluding carboxylic acids is 1. The molecule has 0 aliphatic rings. The van der Waals surface area contributed by atoms with E-state index in [-0.39, 0.29) is 23.3 Å². The third-order valence-electron chi connectivity index (χ3n) is 1.85. The average molecular weight is 231 g/mol. The molecule has 0 heterocycles. The predicted octanol–water partition coefficient (Wildman–Crippen LogP) is -0.498. The zero-order chi connectivity index (χ0) is 11.7. The Morgan fingerprint density at radius 2 is 2.33 bits per heavy atom. The summed E-state index contributed by atoms with van der Waals surface area (Å²) in [6.07, 6.45) is 0.925. The Morgan fingerprint density at radius 3 is 2.87 bits per heavy atom. The van der Waals surface area contributed by atoms with Gasteiger partial charge in [0.25, 0.3) is 0 Å². The first kappa shape index (κ1) is 14.1. The molecule has 86 valence electrons. The van der Waals surface area contributed by atoms with Crippen molar-refractivity contribution < 1.29 is 9.00 Å². The van der Waals surface area contributed by atoms with E-state index in [2.05, 4.69) is 5.32 Å². The molecule has 0 spiro atoms. The molecule has 0 aromatic heterocycles. The Hall–Kier alpha value is -0.930. The molecule has 0 bridgehead atoms. The molecule has 3 N–H and O–H groups in total. The van der Waals surface area contributed by atoms with Gasteiger partial charge in [0.05, 0.1) is 12.5 Å². The molecule has 6 heteroatoms. The van der Waals surface area contributed by atoms with Crippen molar-refractivity contribution in [3.05, 3.63) is 0 Å². The van der Waals surface area contributed by atoms with Crippen LogP contribution < -0.4 is 11.1 Å². The average Bonchev–Trinajstić information content (AvgIpc) is 2.18. The molecule has 0 aromatic rings. The van der Waals surface area contributed by atoms with Crippen LogP contribution in [-0.4, -0.2) is 34.2 Å². The van der Waals surface area contributed by atoms with E-state index in [1.165, 1.54) is 0 Å². The molecule has 0 radical (unpaired) electrons. The summed E-state index contributed by atoms with van der Waals surface area (Å²) in [5.74, 6) is -0.278. The van der Waals surface area contributed by atoms with E-state index in [0.717, 1.165) is 0 Å². The fraction of sp³-hybridized carbons (Fsp3) is 0.778. The van der Waals surface area contributed by atoms with E-state index < -0.39 is 10.8 Å². The molecule has 1 amide bonds. The molecule has 0 aliphatic heterocycles. The highest BCUT2D eigenvalue weighted by atomic mass is 32.2. The fourth-order valence-electron chi connectivity index (χ4n) is 0.946. The van der Waals surface area contributed by atoms with Crippen LogP contribution in [0.5, 0.6) is 0 Å². The first-order valence-corrected chi connectivity index (χ1v) is 6.21. The quantitative estimate of drug-likeness (QED) is 0.577. The normalized spacial score (nSPS) is 13.9. The van der Waals surface area contributed by atoms with Gasteiger partial charge in [0.1, 0.15) is 5.75 Å². The van der Waals surface area contributed by atoms with E-state index in [0.29, 0.717) is 19.5 Å². The lowest BCUT2D eigenvalue weighted by atomic mass is 10.3. The van der Waals surface area contributed by atoms with Crippen molar-refractivity contribution in [2.75, 3.05) is 18.8 Å². The first-order chi connectivity index (χ1) is 7.11. The van der Waals surface area contributed by atoms with Gasteiger partial charge in [0.15, 0.2) is 0 Å². The smallest absolute Gasteiger partial charge is 0.232 e. The largest absolute Gasteiger partial charge is 0.354 e. The van der Waals surface area contributed by atoms with Crippen molar-refractivity contribution in [2.24, 2.45) is 5.73 Å². The molecule has 5 nitrogen and oxygen atoms in total. The second kappa shape index (κ2) is 8.38. The molecule has 0 rings (SSSR count). The Balaban J connectivity index is 3.76. The van der Waals surface area contributed by atoms with Gasteiger partial charge in [-0.3, -0.25) is 9.00 Å². The minimum atomic E-state index is -1.18. The molecule has 0 aliphatic carbocycles. The van der Waals surface area contributed by atoms with Crippen LogP contribution in [0.2, 0.25) is 0 Å². The summed E-state index contributed by atoms with van der Waals surface area (Å²) in [5, 5.41) is 10.7. The van der Waals surface area contributed by atoms with Crippen LogP contribution in [0, 0.1) is 11.3 Å². The van der Waals surface area contributed by atoms with Crippen LogP contribution in [0.3, 0.4) is 0 Å². The molecule has 0 aromatic carbocycles. The van der Waals surface area contributed by atoms with Crippen LogP contribution in [-0.2, 0) is 15.6 Å². The van der Waals surface area contributed by atoms with Crippen LogP contribution in [0.25, 0.3) is 0 Å². The standard InChI is InChI=1S/C9H17N3O2S/c1-8(3-5-11)15(14)7-9(13)12-6-2-4-10/h8H,2-3,5-7,11H2,1H3,(H,12,13). The van der Waals surface area contributed by atoms with Gasteiger partial charge in [-0.15, -0.1) is 0 Å². The number of carbonyl (C=O) groups is 1. The topological polar surface area (TPSA) is 96.0 Å². The van der Waals surface area contributed by atoms with E-state index in [1.807, 2.05) is 13.0 Å².